The van der Waals surface area contributed by atoms with Gasteiger partial charge in [0.1, 0.15) is 0 Å². The minimum atomic E-state index is -0.183. The maximum absolute atomic E-state index is 12.5. The van der Waals surface area contributed by atoms with Crippen molar-refractivity contribution in [1.82, 2.24) is 0 Å². The van der Waals surface area contributed by atoms with Crippen molar-refractivity contribution in [3.63, 3.8) is 0 Å². The van der Waals surface area contributed by atoms with E-state index in [1.807, 2.05) is 43.3 Å². The lowest BCUT2D eigenvalue weighted by molar-refractivity contribution is 0.102. The molecular formula is C21H17NO2. The van der Waals surface area contributed by atoms with Gasteiger partial charge in [0.15, 0.2) is 5.78 Å². The standard InChI is InChI=1S/C21H17NO2/c1-15-8-5-6-13-19(15)21(24)22-18-12-7-11-17(14-18)20(23)16-9-3-2-4-10-16/h2-14H,1H3,(H,22,24). The molecule has 1 N–H and O–H groups in total. The van der Waals surface area contributed by atoms with Crippen molar-refractivity contribution in [1.29, 1.82) is 0 Å². The molecule has 0 spiro atoms. The molecule has 0 saturated carbocycles. The third-order valence-electron chi connectivity index (χ3n) is 3.81. The lowest BCUT2D eigenvalue weighted by Crippen LogP contribution is -2.13. The van der Waals surface area contributed by atoms with Crippen LogP contribution in [-0.2, 0) is 0 Å². The Kier molecular flexibility index (Phi) is 4.52. The van der Waals surface area contributed by atoms with Gasteiger partial charge in [0.2, 0.25) is 0 Å². The second-order valence-corrected chi connectivity index (χ2v) is 5.54. The fraction of sp³-hybridized carbons (Fsp3) is 0.0476. The van der Waals surface area contributed by atoms with Crippen molar-refractivity contribution in [3.05, 3.63) is 101 Å². The van der Waals surface area contributed by atoms with E-state index >= 15 is 0 Å². The van der Waals surface area contributed by atoms with Crippen LogP contribution >= 0.6 is 0 Å². The molecule has 0 saturated heterocycles. The summed E-state index contributed by atoms with van der Waals surface area (Å²) in [6, 6.07) is 23.5. The van der Waals surface area contributed by atoms with Gasteiger partial charge in [-0.2, -0.15) is 0 Å². The number of hydrogen-bond donors (Lipinski definition) is 1. The van der Waals surface area contributed by atoms with Gasteiger partial charge < -0.3 is 5.32 Å². The van der Waals surface area contributed by atoms with E-state index < -0.39 is 0 Å². The number of rotatable bonds is 4. The van der Waals surface area contributed by atoms with Gasteiger partial charge in [-0.15, -0.1) is 0 Å². The Balaban J connectivity index is 1.82. The molecule has 0 aliphatic rings. The van der Waals surface area contributed by atoms with E-state index in [1.165, 1.54) is 0 Å². The number of amides is 1. The highest BCUT2D eigenvalue weighted by Gasteiger charge is 2.11. The normalized spacial score (nSPS) is 10.2. The van der Waals surface area contributed by atoms with Gasteiger partial charge in [0, 0.05) is 22.4 Å². The van der Waals surface area contributed by atoms with Crippen molar-refractivity contribution < 1.29 is 9.59 Å². The number of ketones is 1. The molecule has 3 aromatic rings. The smallest absolute Gasteiger partial charge is 0.255 e. The lowest BCUT2D eigenvalue weighted by Gasteiger charge is -2.09. The van der Waals surface area contributed by atoms with Crippen molar-refractivity contribution in [2.75, 3.05) is 5.32 Å². The molecule has 0 unspecified atom stereocenters. The Morgan fingerprint density at radius 3 is 2.17 bits per heavy atom. The monoisotopic (exact) mass is 315 g/mol. The summed E-state index contributed by atoms with van der Waals surface area (Å²) in [6.07, 6.45) is 0. The van der Waals surface area contributed by atoms with Gasteiger partial charge >= 0.3 is 0 Å². The summed E-state index contributed by atoms with van der Waals surface area (Å²) in [5, 5.41) is 2.85. The first-order chi connectivity index (χ1) is 11.6. The van der Waals surface area contributed by atoms with E-state index in [2.05, 4.69) is 5.32 Å². The number of nitrogens with one attached hydrogen (secondary N) is 1. The number of carbonyl (C=O) groups is 2. The van der Waals surface area contributed by atoms with Crippen LogP contribution in [0.15, 0.2) is 78.9 Å². The largest absolute Gasteiger partial charge is 0.322 e. The zero-order chi connectivity index (χ0) is 16.9. The Hall–Kier alpha value is -3.20. The zero-order valence-electron chi connectivity index (χ0n) is 13.3. The molecule has 0 aliphatic carbocycles. The summed E-state index contributed by atoms with van der Waals surface area (Å²) in [4.78, 5) is 24.9. The SMILES string of the molecule is Cc1ccccc1C(=O)Nc1cccc(C(=O)c2ccccc2)c1. The zero-order valence-corrected chi connectivity index (χ0v) is 13.3. The second-order valence-electron chi connectivity index (χ2n) is 5.54. The molecule has 3 nitrogen and oxygen atoms in total. The summed E-state index contributed by atoms with van der Waals surface area (Å²) >= 11 is 0. The van der Waals surface area contributed by atoms with Crippen LogP contribution in [0.4, 0.5) is 5.69 Å². The Morgan fingerprint density at radius 2 is 1.42 bits per heavy atom. The predicted octanol–water partition coefficient (Wildman–Crippen LogP) is 4.48. The molecule has 0 fully saturated rings. The van der Waals surface area contributed by atoms with Crippen LogP contribution < -0.4 is 5.32 Å². The average Bonchev–Trinajstić information content (AvgIpc) is 2.62. The Labute approximate surface area is 141 Å². The number of anilines is 1. The van der Waals surface area contributed by atoms with Crippen LogP contribution in [0.1, 0.15) is 31.8 Å². The summed E-state index contributed by atoms with van der Waals surface area (Å²) in [5.41, 5.74) is 3.30. The fourth-order valence-corrected chi connectivity index (χ4v) is 2.52. The molecule has 0 bridgehead atoms. The molecule has 118 valence electrons. The van der Waals surface area contributed by atoms with Gasteiger partial charge in [-0.1, -0.05) is 60.7 Å². The van der Waals surface area contributed by atoms with Crippen molar-refractivity contribution >= 4 is 17.4 Å². The maximum atomic E-state index is 12.5. The quantitative estimate of drug-likeness (QED) is 0.722. The van der Waals surface area contributed by atoms with Crippen molar-refractivity contribution in [2.45, 2.75) is 6.92 Å². The number of carbonyl (C=O) groups excluding carboxylic acids is 2. The minimum Gasteiger partial charge on any atom is -0.322 e. The van der Waals surface area contributed by atoms with Crippen LogP contribution in [0, 0.1) is 6.92 Å². The lowest BCUT2D eigenvalue weighted by atomic mass is 10.0. The van der Waals surface area contributed by atoms with E-state index in [4.69, 9.17) is 0 Å². The summed E-state index contributed by atoms with van der Waals surface area (Å²) < 4.78 is 0. The van der Waals surface area contributed by atoms with Crippen molar-refractivity contribution in [2.24, 2.45) is 0 Å². The molecular weight excluding hydrogens is 298 g/mol. The number of benzene rings is 3. The molecule has 0 radical (unpaired) electrons. The molecule has 24 heavy (non-hydrogen) atoms. The third-order valence-corrected chi connectivity index (χ3v) is 3.81. The van der Waals surface area contributed by atoms with Crippen LogP contribution in [0.3, 0.4) is 0 Å². The van der Waals surface area contributed by atoms with Gasteiger partial charge in [0.25, 0.3) is 5.91 Å². The number of hydrogen-bond acceptors (Lipinski definition) is 2. The molecule has 3 heteroatoms. The third kappa shape index (κ3) is 3.41. The van der Waals surface area contributed by atoms with E-state index in [0.717, 1.165) is 5.56 Å². The molecule has 0 heterocycles. The van der Waals surface area contributed by atoms with Gasteiger partial charge in [-0.25, -0.2) is 0 Å². The Bertz CT molecular complexity index is 885. The summed E-state index contributed by atoms with van der Waals surface area (Å²) in [6.45, 7) is 1.89. The highest BCUT2D eigenvalue weighted by Crippen LogP contribution is 2.17. The van der Waals surface area contributed by atoms with Crippen LogP contribution in [0.5, 0.6) is 0 Å². The van der Waals surface area contributed by atoms with E-state index in [-0.39, 0.29) is 11.7 Å². The average molecular weight is 315 g/mol. The Morgan fingerprint density at radius 1 is 0.750 bits per heavy atom. The first-order valence-electron chi connectivity index (χ1n) is 7.72. The van der Waals surface area contributed by atoms with Crippen LogP contribution in [0.25, 0.3) is 0 Å². The topological polar surface area (TPSA) is 46.2 Å². The molecule has 0 aliphatic heterocycles. The van der Waals surface area contributed by atoms with E-state index in [1.54, 1.807) is 42.5 Å². The molecule has 3 aromatic carbocycles. The highest BCUT2D eigenvalue weighted by molar-refractivity contribution is 6.10. The fourth-order valence-electron chi connectivity index (χ4n) is 2.52. The van der Waals surface area contributed by atoms with E-state index in [0.29, 0.717) is 22.4 Å². The van der Waals surface area contributed by atoms with E-state index in [9.17, 15) is 9.59 Å². The molecule has 3 rings (SSSR count). The summed E-state index contributed by atoms with van der Waals surface area (Å²) in [7, 11) is 0. The number of aryl methyl sites for hydroxylation is 1. The van der Waals surface area contributed by atoms with Crippen molar-refractivity contribution in [3.8, 4) is 0 Å². The molecule has 1 amide bonds. The highest BCUT2D eigenvalue weighted by atomic mass is 16.1. The maximum Gasteiger partial charge on any atom is 0.255 e. The van der Waals surface area contributed by atoms with Gasteiger partial charge in [-0.05, 0) is 30.7 Å². The van der Waals surface area contributed by atoms with Gasteiger partial charge in [-0.3, -0.25) is 9.59 Å². The molecule has 0 atom stereocenters. The first kappa shape index (κ1) is 15.7. The van der Waals surface area contributed by atoms with Crippen LogP contribution in [0.2, 0.25) is 0 Å². The minimum absolute atomic E-state index is 0.0670. The first-order valence-corrected chi connectivity index (χ1v) is 7.72. The van der Waals surface area contributed by atoms with Gasteiger partial charge in [0.05, 0.1) is 0 Å². The van der Waals surface area contributed by atoms with Crippen LogP contribution in [-0.4, -0.2) is 11.7 Å². The summed E-state index contributed by atoms with van der Waals surface area (Å²) in [5.74, 6) is -0.250. The predicted molar refractivity (Wildman–Crippen MR) is 95.4 cm³/mol. The second kappa shape index (κ2) is 6.92. The molecule has 0 aromatic heterocycles.